The molecule has 6 heteroatoms. The minimum absolute atomic E-state index is 0. The van der Waals surface area contributed by atoms with Gasteiger partial charge in [-0.1, -0.05) is 19.3 Å². The zero-order valence-electron chi connectivity index (χ0n) is 11.6. The fourth-order valence-corrected chi connectivity index (χ4v) is 2.01. The van der Waals surface area contributed by atoms with Crippen molar-refractivity contribution in [1.82, 2.24) is 10.2 Å². The summed E-state index contributed by atoms with van der Waals surface area (Å²) in [7, 11) is 4.02. The van der Waals surface area contributed by atoms with E-state index in [-0.39, 0.29) is 30.7 Å². The van der Waals surface area contributed by atoms with E-state index in [4.69, 9.17) is 5.73 Å². The van der Waals surface area contributed by atoms with Crippen LogP contribution >= 0.6 is 24.8 Å². The first-order valence-electron chi connectivity index (χ1n) is 6.19. The quantitative estimate of drug-likeness (QED) is 0.828. The minimum Gasteiger partial charge on any atom is -0.353 e. The van der Waals surface area contributed by atoms with Gasteiger partial charge in [-0.2, -0.15) is 0 Å². The van der Waals surface area contributed by atoms with Gasteiger partial charge >= 0.3 is 0 Å². The van der Waals surface area contributed by atoms with Crippen LogP contribution in [0, 0.1) is 0 Å². The minimum atomic E-state index is -0.607. The largest absolute Gasteiger partial charge is 0.353 e. The first kappa shape index (κ1) is 20.3. The summed E-state index contributed by atoms with van der Waals surface area (Å²) in [6, 6.07) is 0.344. The number of likely N-dealkylation sites (N-methyl/N-ethyl adjacent to an activating group) is 1. The highest BCUT2D eigenvalue weighted by atomic mass is 35.5. The number of amides is 1. The lowest BCUT2D eigenvalue weighted by atomic mass is 9.82. The van der Waals surface area contributed by atoms with E-state index >= 15 is 0 Å². The maximum Gasteiger partial charge on any atom is 0.240 e. The molecule has 0 radical (unpaired) electrons. The van der Waals surface area contributed by atoms with Crippen LogP contribution in [-0.2, 0) is 4.79 Å². The Morgan fingerprint density at radius 2 is 1.78 bits per heavy atom. The van der Waals surface area contributed by atoms with Gasteiger partial charge in [-0.15, -0.1) is 24.8 Å². The third kappa shape index (κ3) is 5.74. The summed E-state index contributed by atoms with van der Waals surface area (Å²) in [5.74, 6) is 0.0286. The Kier molecular flexibility index (Phi) is 10.1. The average molecular weight is 300 g/mol. The molecule has 1 unspecified atom stereocenters. The molecule has 1 atom stereocenters. The van der Waals surface area contributed by atoms with E-state index in [1.54, 1.807) is 0 Å². The second-order valence-corrected chi connectivity index (χ2v) is 5.24. The number of carbonyl (C=O) groups excluding carboxylic acids is 1. The van der Waals surface area contributed by atoms with Gasteiger partial charge in [0.25, 0.3) is 0 Å². The number of nitrogens with two attached hydrogens (primary N) is 1. The monoisotopic (exact) mass is 299 g/mol. The van der Waals surface area contributed by atoms with Gasteiger partial charge in [0.15, 0.2) is 0 Å². The predicted octanol–water partition coefficient (Wildman–Crippen LogP) is 1.56. The van der Waals surface area contributed by atoms with Gasteiger partial charge in [0.05, 0.1) is 5.54 Å². The van der Waals surface area contributed by atoms with Crippen LogP contribution in [0.3, 0.4) is 0 Å². The zero-order chi connectivity index (χ0) is 12.2. The molecule has 1 amide bonds. The van der Waals surface area contributed by atoms with Crippen LogP contribution in [0.1, 0.15) is 39.0 Å². The summed E-state index contributed by atoms with van der Waals surface area (Å²) >= 11 is 0. The Hall–Kier alpha value is -0.0300. The van der Waals surface area contributed by atoms with Crippen LogP contribution < -0.4 is 11.1 Å². The maximum atomic E-state index is 12.0. The average Bonchev–Trinajstić information content (AvgIpc) is 2.26. The third-order valence-electron chi connectivity index (χ3n) is 3.64. The number of nitrogens with zero attached hydrogens (tertiary/aromatic N) is 1. The summed E-state index contributed by atoms with van der Waals surface area (Å²) in [6.07, 6.45) is 5.02. The van der Waals surface area contributed by atoms with E-state index in [1.807, 2.05) is 14.1 Å². The van der Waals surface area contributed by atoms with Crippen molar-refractivity contribution in [1.29, 1.82) is 0 Å². The first-order chi connectivity index (χ1) is 7.46. The number of hydrogen-bond donors (Lipinski definition) is 2. The van der Waals surface area contributed by atoms with Crippen molar-refractivity contribution in [3.8, 4) is 0 Å². The molecular formula is C12H27Cl2N3O. The van der Waals surface area contributed by atoms with Gasteiger partial charge in [0, 0.05) is 12.6 Å². The van der Waals surface area contributed by atoms with E-state index in [9.17, 15) is 4.79 Å². The lowest BCUT2D eigenvalue weighted by Gasteiger charge is -2.32. The highest BCUT2D eigenvalue weighted by molar-refractivity contribution is 5.86. The van der Waals surface area contributed by atoms with Crippen LogP contribution in [0.4, 0.5) is 0 Å². The van der Waals surface area contributed by atoms with Crippen LogP contribution in [0.2, 0.25) is 0 Å². The molecular weight excluding hydrogens is 273 g/mol. The Bertz CT molecular complexity index is 243. The molecule has 0 bridgehead atoms. The van der Waals surface area contributed by atoms with Gasteiger partial charge in [-0.05, 0) is 33.9 Å². The lowest BCUT2D eigenvalue weighted by Crippen LogP contribution is -2.56. The molecule has 18 heavy (non-hydrogen) atoms. The van der Waals surface area contributed by atoms with E-state index in [2.05, 4.69) is 17.1 Å². The number of halogens is 2. The molecule has 110 valence electrons. The molecule has 0 saturated heterocycles. The lowest BCUT2D eigenvalue weighted by molar-refractivity contribution is -0.127. The highest BCUT2D eigenvalue weighted by Gasteiger charge is 2.35. The topological polar surface area (TPSA) is 58.4 Å². The number of hydrogen-bond acceptors (Lipinski definition) is 3. The van der Waals surface area contributed by atoms with E-state index in [1.165, 1.54) is 6.42 Å². The fourth-order valence-electron chi connectivity index (χ4n) is 2.01. The Morgan fingerprint density at radius 3 is 2.22 bits per heavy atom. The Morgan fingerprint density at radius 1 is 1.28 bits per heavy atom. The first-order valence-corrected chi connectivity index (χ1v) is 6.19. The second kappa shape index (κ2) is 8.97. The molecule has 1 saturated carbocycles. The molecule has 0 aliphatic heterocycles. The molecule has 1 fully saturated rings. The molecule has 0 aromatic heterocycles. The van der Waals surface area contributed by atoms with E-state index in [0.717, 1.165) is 25.7 Å². The molecule has 4 nitrogen and oxygen atoms in total. The van der Waals surface area contributed by atoms with Crippen molar-refractivity contribution in [2.75, 3.05) is 20.6 Å². The fraction of sp³-hybridized carbons (Fsp3) is 0.917. The molecule has 1 rings (SSSR count). The second-order valence-electron chi connectivity index (χ2n) is 5.24. The number of nitrogens with one attached hydrogen (secondary N) is 1. The van der Waals surface area contributed by atoms with Crippen molar-refractivity contribution >= 4 is 30.7 Å². The van der Waals surface area contributed by atoms with Crippen molar-refractivity contribution in [3.05, 3.63) is 0 Å². The van der Waals surface area contributed by atoms with Gasteiger partial charge in [-0.25, -0.2) is 0 Å². The van der Waals surface area contributed by atoms with Gasteiger partial charge in [-0.3, -0.25) is 4.79 Å². The molecule has 0 spiro atoms. The van der Waals surface area contributed by atoms with Crippen LogP contribution in [-0.4, -0.2) is 43.0 Å². The Balaban J connectivity index is 0. The van der Waals surface area contributed by atoms with Gasteiger partial charge in [0.1, 0.15) is 0 Å². The molecule has 0 aromatic rings. The van der Waals surface area contributed by atoms with Crippen LogP contribution in [0.25, 0.3) is 0 Å². The van der Waals surface area contributed by atoms with Crippen molar-refractivity contribution in [2.45, 2.75) is 50.6 Å². The molecule has 0 heterocycles. The summed E-state index contributed by atoms with van der Waals surface area (Å²) in [5, 5.41) is 2.97. The van der Waals surface area contributed by atoms with Crippen molar-refractivity contribution in [3.63, 3.8) is 0 Å². The molecule has 1 aliphatic carbocycles. The SMILES string of the molecule is CC(CNC(=O)C1(N)CCCCC1)N(C)C.Cl.Cl. The summed E-state index contributed by atoms with van der Waals surface area (Å²) in [5.41, 5.74) is 5.53. The summed E-state index contributed by atoms with van der Waals surface area (Å²) < 4.78 is 0. The Labute approximate surface area is 123 Å². The highest BCUT2D eigenvalue weighted by Crippen LogP contribution is 2.25. The van der Waals surface area contributed by atoms with E-state index in [0.29, 0.717) is 12.6 Å². The maximum absolute atomic E-state index is 12.0. The van der Waals surface area contributed by atoms with Crippen molar-refractivity contribution < 1.29 is 4.79 Å². The number of rotatable bonds is 4. The van der Waals surface area contributed by atoms with Crippen LogP contribution in [0.15, 0.2) is 0 Å². The summed E-state index contributed by atoms with van der Waals surface area (Å²) in [6.45, 7) is 2.76. The van der Waals surface area contributed by atoms with Gasteiger partial charge in [0.2, 0.25) is 5.91 Å². The smallest absolute Gasteiger partial charge is 0.240 e. The van der Waals surface area contributed by atoms with E-state index < -0.39 is 5.54 Å². The molecule has 0 aromatic carbocycles. The molecule has 3 N–H and O–H groups in total. The molecule has 1 aliphatic rings. The zero-order valence-corrected chi connectivity index (χ0v) is 13.2. The number of carbonyl (C=O) groups is 1. The normalized spacial score (nSPS) is 19.4. The van der Waals surface area contributed by atoms with Crippen LogP contribution in [0.5, 0.6) is 0 Å². The van der Waals surface area contributed by atoms with Crippen molar-refractivity contribution in [2.24, 2.45) is 5.73 Å². The third-order valence-corrected chi connectivity index (χ3v) is 3.64. The standard InChI is InChI=1S/C12H25N3O.2ClH/c1-10(15(2)3)9-14-11(16)12(13)7-5-4-6-8-12;;/h10H,4-9,13H2,1-3H3,(H,14,16);2*1H. The predicted molar refractivity (Wildman–Crippen MR) is 80.7 cm³/mol. The summed E-state index contributed by atoms with van der Waals surface area (Å²) in [4.78, 5) is 14.1. The van der Waals surface area contributed by atoms with Gasteiger partial charge < -0.3 is 16.0 Å².